The fourth-order valence-electron chi connectivity index (χ4n) is 2.08. The zero-order valence-corrected chi connectivity index (χ0v) is 12.4. The van der Waals surface area contributed by atoms with E-state index in [1.807, 2.05) is 11.8 Å². The van der Waals surface area contributed by atoms with Gasteiger partial charge in [0.1, 0.15) is 0 Å². The molecule has 108 valence electrons. The van der Waals surface area contributed by atoms with Gasteiger partial charge in [0, 0.05) is 25.8 Å². The van der Waals surface area contributed by atoms with Crippen LogP contribution in [0, 0.1) is 0 Å². The van der Waals surface area contributed by atoms with Crippen molar-refractivity contribution in [3.8, 4) is 0 Å². The predicted octanol–water partition coefficient (Wildman–Crippen LogP) is 1.55. The number of aromatic nitrogens is 1. The zero-order valence-electron chi connectivity index (χ0n) is 11.6. The molecular formula is C14H19N3O2S. The Balaban J connectivity index is 1.89. The lowest BCUT2D eigenvalue weighted by Gasteiger charge is -2.14. The van der Waals surface area contributed by atoms with Crippen molar-refractivity contribution in [1.29, 1.82) is 0 Å². The van der Waals surface area contributed by atoms with Crippen LogP contribution in [0.1, 0.15) is 30.1 Å². The second-order valence-corrected chi connectivity index (χ2v) is 5.62. The molecular weight excluding hydrogens is 274 g/mol. The van der Waals surface area contributed by atoms with Crippen molar-refractivity contribution in [2.45, 2.75) is 24.8 Å². The first-order chi connectivity index (χ1) is 9.70. The van der Waals surface area contributed by atoms with E-state index in [2.05, 4.69) is 10.3 Å². The number of carbonyl (C=O) groups excluding carboxylic acids is 2. The molecule has 2 heterocycles. The van der Waals surface area contributed by atoms with E-state index in [0.717, 1.165) is 31.0 Å². The Labute approximate surface area is 123 Å². The summed E-state index contributed by atoms with van der Waals surface area (Å²) >= 11 is 1.37. The smallest absolute Gasteiger partial charge is 0.255 e. The molecule has 1 aromatic rings. The molecule has 5 nitrogen and oxygen atoms in total. The van der Waals surface area contributed by atoms with Gasteiger partial charge in [-0.15, -0.1) is 0 Å². The molecule has 1 aliphatic heterocycles. The number of hydrogen-bond acceptors (Lipinski definition) is 4. The summed E-state index contributed by atoms with van der Waals surface area (Å²) < 4.78 is 0. The van der Waals surface area contributed by atoms with E-state index < -0.39 is 0 Å². The normalized spacial score (nSPS) is 14.3. The van der Waals surface area contributed by atoms with Gasteiger partial charge >= 0.3 is 0 Å². The molecule has 2 rings (SSSR count). The fourth-order valence-corrected chi connectivity index (χ4v) is 2.76. The molecule has 1 aromatic heterocycles. The minimum atomic E-state index is -0.00322. The van der Waals surface area contributed by atoms with Gasteiger partial charge in [-0.3, -0.25) is 9.59 Å². The number of likely N-dealkylation sites (tertiary alicyclic amines) is 1. The van der Waals surface area contributed by atoms with Gasteiger partial charge < -0.3 is 10.2 Å². The second-order valence-electron chi connectivity index (χ2n) is 4.63. The summed E-state index contributed by atoms with van der Waals surface area (Å²) in [6, 6.07) is 3.58. The van der Waals surface area contributed by atoms with Gasteiger partial charge in [-0.1, -0.05) is 11.8 Å². The first-order valence-corrected chi connectivity index (χ1v) is 7.84. The number of nitrogens with one attached hydrogen (secondary N) is 1. The fraction of sp³-hybridized carbons (Fsp3) is 0.500. The minimum absolute atomic E-state index is 0.00322. The van der Waals surface area contributed by atoms with Gasteiger partial charge in [0.15, 0.2) is 0 Å². The van der Waals surface area contributed by atoms with Crippen LogP contribution in [0.4, 0.5) is 0 Å². The van der Waals surface area contributed by atoms with Crippen LogP contribution in [0.2, 0.25) is 0 Å². The van der Waals surface area contributed by atoms with Crippen molar-refractivity contribution in [1.82, 2.24) is 15.2 Å². The van der Waals surface area contributed by atoms with Gasteiger partial charge in [-0.05, 0) is 31.9 Å². The first kappa shape index (κ1) is 14.8. The minimum Gasteiger partial charge on any atom is -0.356 e. The molecule has 0 aromatic carbocycles. The molecule has 2 amide bonds. The predicted molar refractivity (Wildman–Crippen MR) is 78.8 cm³/mol. The molecule has 1 saturated heterocycles. The van der Waals surface area contributed by atoms with E-state index in [1.165, 1.54) is 11.8 Å². The SMILES string of the molecule is CCNC(=O)CSc1ccc(C(=O)N2CCCC2)cn1. The number of nitrogens with zero attached hydrogens (tertiary/aromatic N) is 2. The third kappa shape index (κ3) is 3.96. The summed E-state index contributed by atoms with van der Waals surface area (Å²) in [4.78, 5) is 29.6. The first-order valence-electron chi connectivity index (χ1n) is 6.85. The Morgan fingerprint density at radius 1 is 1.35 bits per heavy atom. The zero-order chi connectivity index (χ0) is 14.4. The molecule has 1 fully saturated rings. The molecule has 0 radical (unpaired) electrons. The molecule has 0 spiro atoms. The quantitative estimate of drug-likeness (QED) is 0.837. The standard InChI is InChI=1S/C14H19N3O2S/c1-2-15-12(18)10-20-13-6-5-11(9-16-13)14(19)17-7-3-4-8-17/h5-6,9H,2-4,7-8,10H2,1H3,(H,15,18). The van der Waals surface area contributed by atoms with Crippen molar-refractivity contribution in [3.63, 3.8) is 0 Å². The number of amides is 2. The Morgan fingerprint density at radius 3 is 2.70 bits per heavy atom. The Bertz CT molecular complexity index is 470. The van der Waals surface area contributed by atoms with Crippen molar-refractivity contribution >= 4 is 23.6 Å². The summed E-state index contributed by atoms with van der Waals surface area (Å²) in [6.45, 7) is 4.20. The second kappa shape index (κ2) is 7.28. The van der Waals surface area contributed by atoms with E-state index in [-0.39, 0.29) is 11.8 Å². The van der Waals surface area contributed by atoms with Crippen molar-refractivity contribution in [2.75, 3.05) is 25.4 Å². The summed E-state index contributed by atoms with van der Waals surface area (Å²) in [5.74, 6) is 0.395. The number of pyridine rings is 1. The molecule has 1 N–H and O–H groups in total. The van der Waals surface area contributed by atoms with Crippen molar-refractivity contribution < 1.29 is 9.59 Å². The lowest BCUT2D eigenvalue weighted by Crippen LogP contribution is -2.27. The maximum atomic E-state index is 12.1. The lowest BCUT2D eigenvalue weighted by molar-refractivity contribution is -0.118. The number of hydrogen-bond donors (Lipinski definition) is 1. The number of carbonyl (C=O) groups is 2. The van der Waals surface area contributed by atoms with E-state index in [9.17, 15) is 9.59 Å². The van der Waals surface area contributed by atoms with Crippen LogP contribution < -0.4 is 5.32 Å². The highest BCUT2D eigenvalue weighted by atomic mass is 32.2. The maximum Gasteiger partial charge on any atom is 0.255 e. The number of rotatable bonds is 5. The lowest BCUT2D eigenvalue weighted by atomic mass is 10.2. The van der Waals surface area contributed by atoms with Crippen LogP contribution >= 0.6 is 11.8 Å². The van der Waals surface area contributed by atoms with E-state index >= 15 is 0 Å². The third-order valence-corrected chi connectivity index (χ3v) is 4.05. The van der Waals surface area contributed by atoms with Crippen molar-refractivity contribution in [3.05, 3.63) is 23.9 Å². The average molecular weight is 293 g/mol. The summed E-state index contributed by atoms with van der Waals surface area (Å²) in [5.41, 5.74) is 0.620. The molecule has 0 bridgehead atoms. The van der Waals surface area contributed by atoms with Crippen LogP contribution in [-0.2, 0) is 4.79 Å². The van der Waals surface area contributed by atoms with Crippen LogP contribution in [-0.4, -0.2) is 47.1 Å². The van der Waals surface area contributed by atoms with Gasteiger partial charge in [0.05, 0.1) is 16.3 Å². The summed E-state index contributed by atoms with van der Waals surface area (Å²) in [5, 5.41) is 3.49. The van der Waals surface area contributed by atoms with Gasteiger partial charge in [0.2, 0.25) is 5.91 Å². The third-order valence-electron chi connectivity index (χ3n) is 3.10. The molecule has 1 aliphatic rings. The van der Waals surface area contributed by atoms with E-state index in [1.54, 1.807) is 18.3 Å². The Hall–Kier alpha value is -1.56. The highest BCUT2D eigenvalue weighted by Gasteiger charge is 2.19. The molecule has 0 aliphatic carbocycles. The largest absolute Gasteiger partial charge is 0.356 e. The molecule has 6 heteroatoms. The summed E-state index contributed by atoms with van der Waals surface area (Å²) in [6.07, 6.45) is 3.76. The molecule has 0 atom stereocenters. The Morgan fingerprint density at radius 2 is 2.10 bits per heavy atom. The Kier molecular flexibility index (Phi) is 5.40. The van der Waals surface area contributed by atoms with Crippen LogP contribution in [0.25, 0.3) is 0 Å². The average Bonchev–Trinajstić information content (AvgIpc) is 2.99. The van der Waals surface area contributed by atoms with E-state index in [0.29, 0.717) is 17.9 Å². The van der Waals surface area contributed by atoms with Gasteiger partial charge in [0.25, 0.3) is 5.91 Å². The van der Waals surface area contributed by atoms with Gasteiger partial charge in [-0.25, -0.2) is 4.98 Å². The molecule has 20 heavy (non-hydrogen) atoms. The van der Waals surface area contributed by atoms with Gasteiger partial charge in [-0.2, -0.15) is 0 Å². The topological polar surface area (TPSA) is 62.3 Å². The summed E-state index contributed by atoms with van der Waals surface area (Å²) in [7, 11) is 0. The van der Waals surface area contributed by atoms with Crippen LogP contribution in [0.3, 0.4) is 0 Å². The highest BCUT2D eigenvalue weighted by Crippen LogP contribution is 2.17. The molecule has 0 saturated carbocycles. The van der Waals surface area contributed by atoms with Crippen molar-refractivity contribution in [2.24, 2.45) is 0 Å². The number of thioether (sulfide) groups is 1. The highest BCUT2D eigenvalue weighted by molar-refractivity contribution is 7.99. The molecule has 0 unspecified atom stereocenters. The van der Waals surface area contributed by atoms with E-state index in [4.69, 9.17) is 0 Å². The monoisotopic (exact) mass is 293 g/mol. The van der Waals surface area contributed by atoms with Crippen LogP contribution in [0.5, 0.6) is 0 Å². The van der Waals surface area contributed by atoms with Crippen LogP contribution in [0.15, 0.2) is 23.4 Å². The maximum absolute atomic E-state index is 12.1.